The molecule has 108 valence electrons. The van der Waals surface area contributed by atoms with E-state index in [-0.39, 0.29) is 5.75 Å². The average Bonchev–Trinajstić information content (AvgIpc) is 2.73. The van der Waals surface area contributed by atoms with Crippen molar-refractivity contribution < 1.29 is 9.84 Å². The normalized spacial score (nSPS) is 18.0. The molecule has 5 heteroatoms. The third-order valence-corrected chi connectivity index (χ3v) is 3.49. The van der Waals surface area contributed by atoms with Crippen molar-refractivity contribution in [3.8, 4) is 17.6 Å². The van der Waals surface area contributed by atoms with E-state index in [4.69, 9.17) is 4.74 Å². The second-order valence-electron chi connectivity index (χ2n) is 4.80. The van der Waals surface area contributed by atoms with Crippen LogP contribution in [0.4, 0.5) is 0 Å². The number of hydrogen-bond donors (Lipinski definition) is 2. The van der Waals surface area contributed by atoms with Crippen LogP contribution in [0.25, 0.3) is 0 Å². The second-order valence-corrected chi connectivity index (χ2v) is 4.80. The Hall–Kier alpha value is -1.77. The van der Waals surface area contributed by atoms with Gasteiger partial charge in [0.15, 0.2) is 11.5 Å². The molecule has 5 nitrogen and oxygen atoms in total. The van der Waals surface area contributed by atoms with Crippen LogP contribution in [0, 0.1) is 11.3 Å². The monoisotopic (exact) mass is 275 g/mol. The molecule has 20 heavy (non-hydrogen) atoms. The molecule has 2 N–H and O–H groups in total. The number of phenols is 1. The van der Waals surface area contributed by atoms with E-state index in [1.165, 1.54) is 0 Å². The first-order valence-electron chi connectivity index (χ1n) is 7.07. The van der Waals surface area contributed by atoms with E-state index in [0.29, 0.717) is 17.9 Å². The van der Waals surface area contributed by atoms with E-state index in [2.05, 4.69) is 16.3 Å². The molecule has 0 spiro atoms. The van der Waals surface area contributed by atoms with Crippen molar-refractivity contribution in [2.45, 2.75) is 19.4 Å². The van der Waals surface area contributed by atoms with E-state index >= 15 is 0 Å². The van der Waals surface area contributed by atoms with Crippen LogP contribution in [0.3, 0.4) is 0 Å². The molecular formula is C15H21N3O2. The van der Waals surface area contributed by atoms with Crippen molar-refractivity contribution in [3.63, 3.8) is 0 Å². The van der Waals surface area contributed by atoms with E-state index in [1.807, 2.05) is 13.0 Å². The zero-order chi connectivity index (χ0) is 14.4. The largest absolute Gasteiger partial charge is 0.504 e. The summed E-state index contributed by atoms with van der Waals surface area (Å²) in [4.78, 5) is 2.10. The Morgan fingerprint density at radius 3 is 3.05 bits per heavy atom. The van der Waals surface area contributed by atoms with E-state index in [1.54, 1.807) is 12.1 Å². The first-order chi connectivity index (χ1) is 9.77. The smallest absolute Gasteiger partial charge is 0.163 e. The number of nitrogens with zero attached hydrogens (tertiary/aromatic N) is 2. The maximum Gasteiger partial charge on any atom is 0.163 e. The van der Waals surface area contributed by atoms with Gasteiger partial charge in [-0.05, 0) is 26.0 Å². The fourth-order valence-electron chi connectivity index (χ4n) is 2.50. The highest BCUT2D eigenvalue weighted by Gasteiger charge is 2.24. The predicted octanol–water partition coefficient (Wildman–Crippen LogP) is 1.65. The minimum Gasteiger partial charge on any atom is -0.504 e. The van der Waals surface area contributed by atoms with E-state index < -0.39 is 6.04 Å². The summed E-state index contributed by atoms with van der Waals surface area (Å²) in [6.45, 7) is 5.85. The number of hydrogen-bond acceptors (Lipinski definition) is 5. The van der Waals surface area contributed by atoms with Crippen LogP contribution in [0.1, 0.15) is 24.9 Å². The van der Waals surface area contributed by atoms with Crippen molar-refractivity contribution >= 4 is 0 Å². The first kappa shape index (κ1) is 14.6. The van der Waals surface area contributed by atoms with Crippen LogP contribution in [0.15, 0.2) is 18.2 Å². The van der Waals surface area contributed by atoms with Gasteiger partial charge in [-0.1, -0.05) is 12.1 Å². The van der Waals surface area contributed by atoms with Crippen LogP contribution >= 0.6 is 0 Å². The molecule has 0 amide bonds. The second kappa shape index (κ2) is 7.13. The van der Waals surface area contributed by atoms with Crippen LogP contribution < -0.4 is 10.1 Å². The van der Waals surface area contributed by atoms with Gasteiger partial charge in [0.25, 0.3) is 0 Å². The molecule has 1 saturated heterocycles. The maximum atomic E-state index is 10.3. The van der Waals surface area contributed by atoms with Gasteiger partial charge in [-0.25, -0.2) is 0 Å². The molecule has 0 aliphatic carbocycles. The van der Waals surface area contributed by atoms with Crippen LogP contribution in [0.2, 0.25) is 0 Å². The summed E-state index contributed by atoms with van der Waals surface area (Å²) < 4.78 is 5.39. The summed E-state index contributed by atoms with van der Waals surface area (Å²) >= 11 is 0. The molecule has 1 aliphatic heterocycles. The van der Waals surface area contributed by atoms with Crippen molar-refractivity contribution in [1.82, 2.24) is 10.2 Å². The van der Waals surface area contributed by atoms with Crippen LogP contribution in [-0.4, -0.2) is 42.8 Å². The molecule has 0 radical (unpaired) electrons. The van der Waals surface area contributed by atoms with Gasteiger partial charge in [-0.2, -0.15) is 5.26 Å². The van der Waals surface area contributed by atoms with Gasteiger partial charge >= 0.3 is 0 Å². The standard InChI is InChI=1S/C15H21N3O2/c1-2-20-14-6-3-5-12(15(14)19)13(11-16)18-9-4-7-17-8-10-18/h3,5-6,13,17,19H,2,4,7-10H2,1H3. The number of para-hydroxylation sites is 1. The van der Waals surface area contributed by atoms with Gasteiger partial charge in [-0.15, -0.1) is 0 Å². The summed E-state index contributed by atoms with van der Waals surface area (Å²) in [5.74, 6) is 0.524. The Morgan fingerprint density at radius 1 is 1.45 bits per heavy atom. The Labute approximate surface area is 119 Å². The molecule has 1 aromatic carbocycles. The molecule has 1 aliphatic rings. The fourth-order valence-corrected chi connectivity index (χ4v) is 2.50. The molecule has 2 rings (SSSR count). The Bertz CT molecular complexity index is 476. The summed E-state index contributed by atoms with van der Waals surface area (Å²) in [7, 11) is 0. The van der Waals surface area contributed by atoms with Crippen molar-refractivity contribution in [1.29, 1.82) is 5.26 Å². The van der Waals surface area contributed by atoms with Gasteiger partial charge in [0.1, 0.15) is 6.04 Å². The third kappa shape index (κ3) is 3.21. The minimum absolute atomic E-state index is 0.0816. The number of benzene rings is 1. The van der Waals surface area contributed by atoms with Gasteiger partial charge in [0.2, 0.25) is 0 Å². The Balaban J connectivity index is 2.27. The summed E-state index contributed by atoms with van der Waals surface area (Å²) in [6.07, 6.45) is 1.00. The number of rotatable bonds is 4. The first-order valence-corrected chi connectivity index (χ1v) is 7.07. The third-order valence-electron chi connectivity index (χ3n) is 3.49. The lowest BCUT2D eigenvalue weighted by molar-refractivity contribution is 0.245. The minimum atomic E-state index is -0.435. The van der Waals surface area contributed by atoms with E-state index in [0.717, 1.165) is 32.6 Å². The van der Waals surface area contributed by atoms with Gasteiger partial charge in [0, 0.05) is 25.2 Å². The highest BCUT2D eigenvalue weighted by Crippen LogP contribution is 2.36. The molecule has 1 unspecified atom stereocenters. The summed E-state index contributed by atoms with van der Waals surface area (Å²) in [5.41, 5.74) is 0.625. The molecule has 0 aromatic heterocycles. The molecule has 0 bridgehead atoms. The van der Waals surface area contributed by atoms with Crippen LogP contribution in [0.5, 0.6) is 11.5 Å². The maximum absolute atomic E-state index is 10.3. The number of ether oxygens (including phenoxy) is 1. The Morgan fingerprint density at radius 2 is 2.30 bits per heavy atom. The molecule has 1 aromatic rings. The summed E-state index contributed by atoms with van der Waals surface area (Å²) in [6, 6.07) is 7.21. The zero-order valence-corrected chi connectivity index (χ0v) is 11.8. The van der Waals surface area contributed by atoms with Crippen molar-refractivity contribution in [3.05, 3.63) is 23.8 Å². The lowest BCUT2D eigenvalue weighted by Crippen LogP contribution is -2.31. The average molecular weight is 275 g/mol. The quantitative estimate of drug-likeness (QED) is 0.874. The summed E-state index contributed by atoms with van der Waals surface area (Å²) in [5, 5.41) is 23.1. The fraction of sp³-hybridized carbons (Fsp3) is 0.533. The van der Waals surface area contributed by atoms with E-state index in [9.17, 15) is 10.4 Å². The molecule has 1 heterocycles. The SMILES string of the molecule is CCOc1cccc(C(C#N)N2CCCNCC2)c1O. The number of phenolic OH excluding ortho intramolecular Hbond substituents is 1. The highest BCUT2D eigenvalue weighted by atomic mass is 16.5. The van der Waals surface area contributed by atoms with Gasteiger partial charge < -0.3 is 15.2 Å². The number of nitrogens with one attached hydrogen (secondary N) is 1. The topological polar surface area (TPSA) is 68.5 Å². The van der Waals surface area contributed by atoms with Crippen LogP contribution in [-0.2, 0) is 0 Å². The van der Waals surface area contributed by atoms with Gasteiger partial charge in [0.05, 0.1) is 12.7 Å². The highest BCUT2D eigenvalue weighted by molar-refractivity contribution is 5.48. The Kier molecular flexibility index (Phi) is 5.22. The molecular weight excluding hydrogens is 254 g/mol. The van der Waals surface area contributed by atoms with Crippen molar-refractivity contribution in [2.24, 2.45) is 0 Å². The predicted molar refractivity (Wildman–Crippen MR) is 76.7 cm³/mol. The molecule has 1 atom stereocenters. The molecule has 0 saturated carbocycles. The molecule has 1 fully saturated rings. The van der Waals surface area contributed by atoms with Crippen molar-refractivity contribution in [2.75, 3.05) is 32.8 Å². The zero-order valence-electron chi connectivity index (χ0n) is 11.8. The lowest BCUT2D eigenvalue weighted by atomic mass is 10.0. The lowest BCUT2D eigenvalue weighted by Gasteiger charge is -2.26. The number of aromatic hydroxyl groups is 1. The number of nitriles is 1. The van der Waals surface area contributed by atoms with Gasteiger partial charge in [-0.3, -0.25) is 4.90 Å².